The number of rotatable bonds is 7. The monoisotopic (exact) mass is 207 g/mol. The first-order valence-electron chi connectivity index (χ1n) is 5.62. The molecule has 0 spiro atoms. The molecule has 1 rings (SSSR count). The van der Waals surface area contributed by atoms with Crippen LogP contribution in [0, 0.1) is 6.92 Å². The molecule has 0 saturated heterocycles. The predicted molar refractivity (Wildman–Crippen MR) is 63.8 cm³/mol. The van der Waals surface area contributed by atoms with E-state index in [-0.39, 0.29) is 0 Å². The number of hydrogen-bond donors (Lipinski definition) is 1. The lowest BCUT2D eigenvalue weighted by Crippen LogP contribution is -2.14. The van der Waals surface area contributed by atoms with E-state index in [0.717, 1.165) is 26.1 Å². The number of nitrogens with zero attached hydrogens (tertiary/aromatic N) is 2. The van der Waals surface area contributed by atoms with Crippen molar-refractivity contribution in [3.63, 3.8) is 0 Å². The van der Waals surface area contributed by atoms with Crippen LogP contribution in [0.1, 0.15) is 31.0 Å². The molecule has 0 aliphatic carbocycles. The summed E-state index contributed by atoms with van der Waals surface area (Å²) in [6, 6.07) is 0. The van der Waals surface area contributed by atoms with Crippen LogP contribution in [-0.4, -0.2) is 16.3 Å². The van der Waals surface area contributed by atoms with Gasteiger partial charge in [-0.1, -0.05) is 13.0 Å². The van der Waals surface area contributed by atoms with Gasteiger partial charge in [0.25, 0.3) is 0 Å². The Morgan fingerprint density at radius 3 is 3.07 bits per heavy atom. The molecule has 1 aromatic rings. The molecule has 0 unspecified atom stereocenters. The zero-order valence-corrected chi connectivity index (χ0v) is 9.79. The first-order valence-corrected chi connectivity index (χ1v) is 5.62. The second-order valence-corrected chi connectivity index (χ2v) is 3.73. The molecule has 84 valence electrons. The Balaban J connectivity index is 2.50. The van der Waals surface area contributed by atoms with E-state index < -0.39 is 0 Å². The zero-order valence-electron chi connectivity index (χ0n) is 9.79. The minimum atomic E-state index is 0.924. The van der Waals surface area contributed by atoms with Crippen molar-refractivity contribution >= 4 is 0 Å². The van der Waals surface area contributed by atoms with Crippen molar-refractivity contribution in [1.82, 2.24) is 15.1 Å². The van der Waals surface area contributed by atoms with Crippen LogP contribution in [0.25, 0.3) is 0 Å². The van der Waals surface area contributed by atoms with E-state index in [2.05, 4.69) is 30.8 Å². The Morgan fingerprint density at radius 1 is 1.60 bits per heavy atom. The Hall–Kier alpha value is -1.09. The molecule has 1 heterocycles. The van der Waals surface area contributed by atoms with E-state index in [4.69, 9.17) is 0 Å². The third-order valence-corrected chi connectivity index (χ3v) is 2.49. The largest absolute Gasteiger partial charge is 0.313 e. The van der Waals surface area contributed by atoms with Gasteiger partial charge < -0.3 is 5.32 Å². The molecule has 0 bridgehead atoms. The normalized spacial score (nSPS) is 10.5. The topological polar surface area (TPSA) is 29.9 Å². The van der Waals surface area contributed by atoms with E-state index in [1.807, 2.05) is 17.0 Å². The van der Waals surface area contributed by atoms with Crippen molar-refractivity contribution in [1.29, 1.82) is 0 Å². The van der Waals surface area contributed by atoms with E-state index in [0.29, 0.717) is 0 Å². The second kappa shape index (κ2) is 6.40. The smallest absolute Gasteiger partial charge is 0.0537 e. The van der Waals surface area contributed by atoms with Crippen LogP contribution < -0.4 is 5.32 Å². The highest BCUT2D eigenvalue weighted by Gasteiger charge is 2.04. The van der Waals surface area contributed by atoms with E-state index in [9.17, 15) is 0 Å². The number of allylic oxidation sites excluding steroid dienone is 1. The maximum atomic E-state index is 4.36. The van der Waals surface area contributed by atoms with Crippen LogP contribution >= 0.6 is 0 Å². The Kier molecular flexibility index (Phi) is 5.12. The minimum Gasteiger partial charge on any atom is -0.313 e. The van der Waals surface area contributed by atoms with Crippen molar-refractivity contribution < 1.29 is 0 Å². The molecule has 0 aliphatic rings. The molecule has 1 aromatic heterocycles. The maximum absolute atomic E-state index is 4.36. The van der Waals surface area contributed by atoms with Gasteiger partial charge in [0.2, 0.25) is 0 Å². The van der Waals surface area contributed by atoms with Gasteiger partial charge in [-0.2, -0.15) is 5.10 Å². The van der Waals surface area contributed by atoms with Crippen LogP contribution in [-0.2, 0) is 13.1 Å². The van der Waals surface area contributed by atoms with Gasteiger partial charge >= 0.3 is 0 Å². The quantitative estimate of drug-likeness (QED) is 0.549. The molecule has 0 radical (unpaired) electrons. The van der Waals surface area contributed by atoms with Crippen molar-refractivity contribution in [2.24, 2.45) is 0 Å². The molecule has 1 N–H and O–H groups in total. The lowest BCUT2D eigenvalue weighted by atomic mass is 10.2. The van der Waals surface area contributed by atoms with Gasteiger partial charge in [-0.15, -0.1) is 6.58 Å². The molecule has 0 fully saturated rings. The van der Waals surface area contributed by atoms with Crippen LogP contribution in [0.4, 0.5) is 0 Å². The van der Waals surface area contributed by atoms with Crippen LogP contribution in [0.5, 0.6) is 0 Å². The molecule has 3 heteroatoms. The van der Waals surface area contributed by atoms with Gasteiger partial charge in [0.1, 0.15) is 0 Å². The van der Waals surface area contributed by atoms with Crippen LogP contribution in [0.3, 0.4) is 0 Å². The van der Waals surface area contributed by atoms with Gasteiger partial charge in [0.15, 0.2) is 0 Å². The third-order valence-electron chi connectivity index (χ3n) is 2.49. The third kappa shape index (κ3) is 3.51. The van der Waals surface area contributed by atoms with E-state index in [1.54, 1.807) is 0 Å². The molecule has 15 heavy (non-hydrogen) atoms. The van der Waals surface area contributed by atoms with Crippen molar-refractivity contribution in [3.8, 4) is 0 Å². The molecule has 0 atom stereocenters. The van der Waals surface area contributed by atoms with E-state index in [1.165, 1.54) is 17.7 Å². The van der Waals surface area contributed by atoms with E-state index >= 15 is 0 Å². The van der Waals surface area contributed by atoms with Gasteiger partial charge in [-0.05, 0) is 26.3 Å². The average Bonchev–Trinajstić information content (AvgIpc) is 2.58. The lowest BCUT2D eigenvalue weighted by Gasteiger charge is -2.04. The fourth-order valence-corrected chi connectivity index (χ4v) is 1.50. The fourth-order valence-electron chi connectivity index (χ4n) is 1.50. The number of aromatic nitrogens is 2. The predicted octanol–water partition coefficient (Wildman–Crippen LogP) is 2.27. The molecular formula is C12H21N3. The van der Waals surface area contributed by atoms with Crippen molar-refractivity contribution in [2.45, 2.75) is 39.8 Å². The van der Waals surface area contributed by atoms with Crippen molar-refractivity contribution in [3.05, 3.63) is 30.1 Å². The SMILES string of the molecule is C=CCCn1ncc(CNCCC)c1C. The maximum Gasteiger partial charge on any atom is 0.0537 e. The summed E-state index contributed by atoms with van der Waals surface area (Å²) in [6.45, 7) is 10.9. The summed E-state index contributed by atoms with van der Waals surface area (Å²) in [7, 11) is 0. The first-order chi connectivity index (χ1) is 7.29. The number of hydrogen-bond acceptors (Lipinski definition) is 2. The molecule has 0 aliphatic heterocycles. The highest BCUT2D eigenvalue weighted by molar-refractivity contribution is 5.15. The van der Waals surface area contributed by atoms with Gasteiger partial charge in [0, 0.05) is 24.3 Å². The summed E-state index contributed by atoms with van der Waals surface area (Å²) in [5.74, 6) is 0. The molecule has 3 nitrogen and oxygen atoms in total. The summed E-state index contributed by atoms with van der Waals surface area (Å²) in [4.78, 5) is 0. The minimum absolute atomic E-state index is 0.924. The van der Waals surface area contributed by atoms with Gasteiger partial charge in [-0.3, -0.25) is 4.68 Å². The molecule has 0 amide bonds. The fraction of sp³-hybridized carbons (Fsp3) is 0.583. The van der Waals surface area contributed by atoms with Crippen LogP contribution in [0.15, 0.2) is 18.9 Å². The standard InChI is InChI=1S/C12H21N3/c1-4-6-8-15-11(3)12(10-14-15)9-13-7-5-2/h4,10,13H,1,5-9H2,2-3H3. The first kappa shape index (κ1) is 12.0. The number of nitrogens with one attached hydrogen (secondary N) is 1. The second-order valence-electron chi connectivity index (χ2n) is 3.73. The highest BCUT2D eigenvalue weighted by atomic mass is 15.3. The summed E-state index contributed by atoms with van der Waals surface area (Å²) < 4.78 is 2.05. The molecule has 0 saturated carbocycles. The molecular weight excluding hydrogens is 186 g/mol. The van der Waals surface area contributed by atoms with Crippen molar-refractivity contribution in [2.75, 3.05) is 6.54 Å². The Labute approximate surface area is 92.2 Å². The van der Waals surface area contributed by atoms with Gasteiger partial charge in [-0.25, -0.2) is 0 Å². The highest BCUT2D eigenvalue weighted by Crippen LogP contribution is 2.07. The summed E-state index contributed by atoms with van der Waals surface area (Å²) in [5.41, 5.74) is 2.56. The molecule has 0 aromatic carbocycles. The Morgan fingerprint density at radius 2 is 2.40 bits per heavy atom. The van der Waals surface area contributed by atoms with Gasteiger partial charge in [0.05, 0.1) is 6.20 Å². The summed E-state index contributed by atoms with van der Waals surface area (Å²) >= 11 is 0. The van der Waals surface area contributed by atoms with Crippen LogP contribution in [0.2, 0.25) is 0 Å². The zero-order chi connectivity index (χ0) is 11.1. The summed E-state index contributed by atoms with van der Waals surface area (Å²) in [5, 5.41) is 7.75. The summed E-state index contributed by atoms with van der Waals surface area (Å²) in [6.07, 6.45) is 6.03. The lowest BCUT2D eigenvalue weighted by molar-refractivity contribution is 0.603. The number of aryl methyl sites for hydroxylation is 1. The Bertz CT molecular complexity index is 302. The average molecular weight is 207 g/mol.